The lowest BCUT2D eigenvalue weighted by Gasteiger charge is -2.22. The molecule has 0 fully saturated rings. The second kappa shape index (κ2) is 5.80. The molecule has 2 aromatic rings. The van der Waals surface area contributed by atoms with Crippen molar-refractivity contribution in [2.75, 3.05) is 6.54 Å². The fraction of sp³-hybridized carbons (Fsp3) is 0.400. The molecule has 0 saturated carbocycles. The van der Waals surface area contributed by atoms with Gasteiger partial charge in [0.05, 0.1) is 10.7 Å². The van der Waals surface area contributed by atoms with E-state index in [-0.39, 0.29) is 11.2 Å². The first-order chi connectivity index (χ1) is 9.01. The molecular weight excluding hydrogens is 259 g/mol. The maximum atomic E-state index is 13.2. The topological polar surface area (TPSA) is 38.9 Å². The third kappa shape index (κ3) is 3.61. The minimum Gasteiger partial charge on any atom is -0.330 e. The van der Waals surface area contributed by atoms with Gasteiger partial charge in [0.15, 0.2) is 0 Å². The molecule has 0 bridgehead atoms. The van der Waals surface area contributed by atoms with Gasteiger partial charge >= 0.3 is 0 Å². The molecule has 0 unspecified atom stereocenters. The standard InChI is InChI=1S/C15H19FN2S/c1-15(2,9-11-4-3-5-12(16)8-11)14-18-13(6-7-17)10-19-14/h3-5,8,10H,6-7,9,17H2,1-2H3. The van der Waals surface area contributed by atoms with E-state index < -0.39 is 0 Å². The number of nitrogens with two attached hydrogens (primary N) is 1. The van der Waals surface area contributed by atoms with Crippen molar-refractivity contribution in [1.82, 2.24) is 4.98 Å². The molecule has 1 aromatic heterocycles. The summed E-state index contributed by atoms with van der Waals surface area (Å²) in [7, 11) is 0. The highest BCUT2D eigenvalue weighted by Crippen LogP contribution is 2.30. The second-order valence-electron chi connectivity index (χ2n) is 5.37. The van der Waals surface area contributed by atoms with Crippen LogP contribution in [0.4, 0.5) is 4.39 Å². The lowest BCUT2D eigenvalue weighted by atomic mass is 9.86. The quantitative estimate of drug-likeness (QED) is 0.911. The van der Waals surface area contributed by atoms with Gasteiger partial charge in [0.25, 0.3) is 0 Å². The molecule has 0 radical (unpaired) electrons. The summed E-state index contributed by atoms with van der Waals surface area (Å²) in [6.07, 6.45) is 1.59. The van der Waals surface area contributed by atoms with Crippen LogP contribution in [-0.2, 0) is 18.3 Å². The summed E-state index contributed by atoms with van der Waals surface area (Å²) in [5.74, 6) is -0.184. The first-order valence-electron chi connectivity index (χ1n) is 6.40. The second-order valence-corrected chi connectivity index (χ2v) is 6.23. The van der Waals surface area contributed by atoms with Crippen molar-refractivity contribution in [2.45, 2.75) is 32.1 Å². The van der Waals surface area contributed by atoms with Gasteiger partial charge in [0.2, 0.25) is 0 Å². The van der Waals surface area contributed by atoms with Crippen LogP contribution < -0.4 is 5.73 Å². The fourth-order valence-electron chi connectivity index (χ4n) is 2.11. The first-order valence-corrected chi connectivity index (χ1v) is 7.28. The highest BCUT2D eigenvalue weighted by molar-refractivity contribution is 7.09. The molecule has 0 spiro atoms. The van der Waals surface area contributed by atoms with Crippen molar-refractivity contribution < 1.29 is 4.39 Å². The molecule has 2 N–H and O–H groups in total. The van der Waals surface area contributed by atoms with E-state index >= 15 is 0 Å². The molecule has 0 saturated heterocycles. The molecule has 0 aliphatic carbocycles. The molecule has 4 heteroatoms. The van der Waals surface area contributed by atoms with Gasteiger partial charge in [-0.1, -0.05) is 26.0 Å². The smallest absolute Gasteiger partial charge is 0.123 e. The van der Waals surface area contributed by atoms with E-state index in [1.54, 1.807) is 23.5 Å². The Hall–Kier alpha value is -1.26. The Labute approximate surface area is 117 Å². The molecule has 0 amide bonds. The van der Waals surface area contributed by atoms with Crippen molar-refractivity contribution in [2.24, 2.45) is 5.73 Å². The lowest BCUT2D eigenvalue weighted by Crippen LogP contribution is -2.20. The molecule has 19 heavy (non-hydrogen) atoms. The molecule has 0 aliphatic rings. The predicted molar refractivity (Wildman–Crippen MR) is 78.0 cm³/mol. The van der Waals surface area contributed by atoms with Crippen LogP contribution in [0.2, 0.25) is 0 Å². The van der Waals surface area contributed by atoms with Gasteiger partial charge in [-0.25, -0.2) is 9.37 Å². The molecule has 2 nitrogen and oxygen atoms in total. The summed E-state index contributed by atoms with van der Waals surface area (Å²) in [6.45, 7) is 4.90. The Morgan fingerprint density at radius 1 is 1.37 bits per heavy atom. The number of benzene rings is 1. The van der Waals surface area contributed by atoms with E-state index in [2.05, 4.69) is 24.2 Å². The predicted octanol–water partition coefficient (Wildman–Crippen LogP) is 3.30. The van der Waals surface area contributed by atoms with Crippen molar-refractivity contribution in [3.05, 3.63) is 51.7 Å². The Morgan fingerprint density at radius 3 is 2.84 bits per heavy atom. The number of aromatic nitrogens is 1. The first kappa shape index (κ1) is 14.2. The van der Waals surface area contributed by atoms with Crippen molar-refractivity contribution in [3.8, 4) is 0 Å². The highest BCUT2D eigenvalue weighted by atomic mass is 32.1. The van der Waals surface area contributed by atoms with Gasteiger partial charge in [-0.3, -0.25) is 0 Å². The SMILES string of the molecule is CC(C)(Cc1cccc(F)c1)c1nc(CCN)cs1. The zero-order chi connectivity index (χ0) is 13.9. The molecule has 102 valence electrons. The maximum absolute atomic E-state index is 13.2. The Morgan fingerprint density at radius 2 is 2.16 bits per heavy atom. The van der Waals surface area contributed by atoms with E-state index in [0.717, 1.165) is 29.1 Å². The number of halogens is 1. The van der Waals surface area contributed by atoms with Gasteiger partial charge in [-0.05, 0) is 30.7 Å². The largest absolute Gasteiger partial charge is 0.330 e. The highest BCUT2D eigenvalue weighted by Gasteiger charge is 2.24. The summed E-state index contributed by atoms with van der Waals surface area (Å²) >= 11 is 1.66. The minimum atomic E-state index is -0.184. The third-order valence-corrected chi connectivity index (χ3v) is 4.32. The number of nitrogens with zero attached hydrogens (tertiary/aromatic N) is 1. The molecule has 2 rings (SSSR count). The molecular formula is C15H19FN2S. The van der Waals surface area contributed by atoms with Crippen LogP contribution in [0.25, 0.3) is 0 Å². The monoisotopic (exact) mass is 278 g/mol. The Balaban J connectivity index is 2.16. The lowest BCUT2D eigenvalue weighted by molar-refractivity contribution is 0.514. The third-order valence-electron chi connectivity index (χ3n) is 3.07. The molecule has 0 atom stereocenters. The minimum absolute atomic E-state index is 0.0920. The van der Waals surface area contributed by atoms with Gasteiger partial charge < -0.3 is 5.73 Å². The van der Waals surface area contributed by atoms with Crippen LogP contribution in [0.1, 0.15) is 30.1 Å². The Kier molecular flexibility index (Phi) is 4.32. The summed E-state index contributed by atoms with van der Waals surface area (Å²) in [6, 6.07) is 6.77. The average Bonchev–Trinajstić information content (AvgIpc) is 2.78. The van der Waals surface area contributed by atoms with Gasteiger partial charge in [0, 0.05) is 17.2 Å². The van der Waals surface area contributed by atoms with Crippen LogP contribution in [-0.4, -0.2) is 11.5 Å². The Bertz CT molecular complexity index is 549. The summed E-state index contributed by atoms with van der Waals surface area (Å²) in [5, 5.41) is 3.15. The number of thiazole rings is 1. The van der Waals surface area contributed by atoms with Crippen LogP contribution in [0.15, 0.2) is 29.6 Å². The normalized spacial score (nSPS) is 11.8. The average molecular weight is 278 g/mol. The van der Waals surface area contributed by atoms with E-state index in [4.69, 9.17) is 5.73 Å². The van der Waals surface area contributed by atoms with Crippen LogP contribution in [0.3, 0.4) is 0 Å². The summed E-state index contributed by atoms with van der Waals surface area (Å²) in [4.78, 5) is 4.64. The van der Waals surface area contributed by atoms with E-state index in [0.29, 0.717) is 6.54 Å². The van der Waals surface area contributed by atoms with Gasteiger partial charge in [0.1, 0.15) is 5.82 Å². The zero-order valence-corrected chi connectivity index (χ0v) is 12.1. The molecule has 1 aromatic carbocycles. The van der Waals surface area contributed by atoms with Crippen LogP contribution in [0, 0.1) is 5.82 Å². The summed E-state index contributed by atoms with van der Waals surface area (Å²) in [5.41, 5.74) is 7.50. The van der Waals surface area contributed by atoms with E-state index in [1.165, 1.54) is 6.07 Å². The zero-order valence-electron chi connectivity index (χ0n) is 11.3. The number of rotatable bonds is 5. The number of hydrogen-bond acceptors (Lipinski definition) is 3. The fourth-order valence-corrected chi connectivity index (χ4v) is 3.09. The maximum Gasteiger partial charge on any atom is 0.123 e. The summed E-state index contributed by atoms with van der Waals surface area (Å²) < 4.78 is 13.2. The van der Waals surface area contributed by atoms with Gasteiger partial charge in [-0.15, -0.1) is 11.3 Å². The van der Waals surface area contributed by atoms with E-state index in [1.807, 2.05) is 6.07 Å². The van der Waals surface area contributed by atoms with Gasteiger partial charge in [-0.2, -0.15) is 0 Å². The van der Waals surface area contributed by atoms with E-state index in [9.17, 15) is 4.39 Å². The van der Waals surface area contributed by atoms with Crippen molar-refractivity contribution in [3.63, 3.8) is 0 Å². The molecule has 0 aliphatic heterocycles. The van der Waals surface area contributed by atoms with Crippen LogP contribution >= 0.6 is 11.3 Å². The number of hydrogen-bond donors (Lipinski definition) is 1. The van der Waals surface area contributed by atoms with Crippen LogP contribution in [0.5, 0.6) is 0 Å². The van der Waals surface area contributed by atoms with Crippen molar-refractivity contribution >= 4 is 11.3 Å². The van der Waals surface area contributed by atoms with Crippen molar-refractivity contribution in [1.29, 1.82) is 0 Å². The molecule has 1 heterocycles.